The highest BCUT2D eigenvalue weighted by molar-refractivity contribution is 5.82. The molecule has 2 unspecified atom stereocenters. The number of likely N-dealkylation sites (N-methyl/N-ethyl adjacent to an activating group) is 1. The molecule has 2 rings (SSSR count). The van der Waals surface area contributed by atoms with E-state index in [9.17, 15) is 0 Å². The Kier molecular flexibility index (Phi) is 4.73. The van der Waals surface area contributed by atoms with E-state index in [1.807, 2.05) is 12.3 Å². The van der Waals surface area contributed by atoms with Gasteiger partial charge in [0.2, 0.25) is 0 Å². The molecule has 2 aromatic rings. The smallest absolute Gasteiger partial charge is 0.0842 e. The van der Waals surface area contributed by atoms with Crippen LogP contribution >= 0.6 is 0 Å². The number of hydrogen-bond acceptors (Lipinski definition) is 3. The zero-order valence-corrected chi connectivity index (χ0v) is 12.8. The number of nitrogens with zero attached hydrogens (tertiary/aromatic N) is 1. The van der Waals surface area contributed by atoms with Gasteiger partial charge in [0, 0.05) is 18.7 Å². The third kappa shape index (κ3) is 2.69. The Morgan fingerprint density at radius 2 is 2.05 bits per heavy atom. The highest BCUT2D eigenvalue weighted by Crippen LogP contribution is 2.34. The Balaban J connectivity index is 2.57. The molecular weight excluding hydrogens is 248 g/mol. The van der Waals surface area contributed by atoms with Gasteiger partial charge in [-0.25, -0.2) is 0 Å². The first-order chi connectivity index (χ1) is 9.66. The van der Waals surface area contributed by atoms with Crippen molar-refractivity contribution < 1.29 is 4.74 Å². The standard InChI is InChI=1S/C17H24N2O/c1-5-17(3,20-4)16(18-6-2)14-9-7-11-15-13(14)10-8-12-19-15/h7-12,16,18H,5-6H2,1-4H3. The minimum absolute atomic E-state index is 0.149. The van der Waals surface area contributed by atoms with Crippen LogP contribution in [0.25, 0.3) is 10.9 Å². The normalized spacial score (nSPS) is 16.0. The van der Waals surface area contributed by atoms with Gasteiger partial charge in [-0.15, -0.1) is 0 Å². The van der Waals surface area contributed by atoms with Crippen molar-refractivity contribution in [2.24, 2.45) is 0 Å². The number of aromatic nitrogens is 1. The number of nitrogens with one attached hydrogen (secondary N) is 1. The average Bonchev–Trinajstić information content (AvgIpc) is 2.51. The molecular formula is C17H24N2O. The topological polar surface area (TPSA) is 34.2 Å². The largest absolute Gasteiger partial charge is 0.377 e. The first kappa shape index (κ1) is 14.9. The van der Waals surface area contributed by atoms with E-state index in [0.717, 1.165) is 18.5 Å². The lowest BCUT2D eigenvalue weighted by Gasteiger charge is -2.37. The Labute approximate surface area is 121 Å². The fourth-order valence-electron chi connectivity index (χ4n) is 2.70. The average molecular weight is 272 g/mol. The van der Waals surface area contributed by atoms with Gasteiger partial charge in [-0.05, 0) is 37.6 Å². The summed E-state index contributed by atoms with van der Waals surface area (Å²) < 4.78 is 5.82. The number of pyridine rings is 1. The molecule has 0 aliphatic rings. The third-order valence-corrected chi connectivity index (χ3v) is 4.18. The van der Waals surface area contributed by atoms with Crippen LogP contribution in [-0.2, 0) is 4.74 Å². The van der Waals surface area contributed by atoms with E-state index in [2.05, 4.69) is 55.3 Å². The molecule has 0 saturated heterocycles. The second kappa shape index (κ2) is 6.33. The second-order valence-electron chi connectivity index (χ2n) is 5.28. The summed E-state index contributed by atoms with van der Waals surface area (Å²) in [5, 5.41) is 4.77. The van der Waals surface area contributed by atoms with Gasteiger partial charge in [0.05, 0.1) is 17.2 Å². The van der Waals surface area contributed by atoms with Gasteiger partial charge in [0.15, 0.2) is 0 Å². The van der Waals surface area contributed by atoms with Crippen molar-refractivity contribution in [3.05, 3.63) is 42.1 Å². The summed E-state index contributed by atoms with van der Waals surface area (Å²) in [7, 11) is 1.79. The van der Waals surface area contributed by atoms with E-state index < -0.39 is 0 Å². The van der Waals surface area contributed by atoms with Crippen molar-refractivity contribution in [1.82, 2.24) is 10.3 Å². The maximum absolute atomic E-state index is 5.82. The van der Waals surface area contributed by atoms with E-state index in [4.69, 9.17) is 4.74 Å². The summed E-state index contributed by atoms with van der Waals surface area (Å²) in [6.45, 7) is 7.36. The quantitative estimate of drug-likeness (QED) is 0.870. The van der Waals surface area contributed by atoms with Crippen molar-refractivity contribution in [3.8, 4) is 0 Å². The molecule has 0 bridgehead atoms. The molecule has 0 radical (unpaired) electrons. The minimum Gasteiger partial charge on any atom is -0.377 e. The second-order valence-corrected chi connectivity index (χ2v) is 5.28. The van der Waals surface area contributed by atoms with E-state index in [1.54, 1.807) is 7.11 Å². The van der Waals surface area contributed by atoms with Crippen LogP contribution in [0.3, 0.4) is 0 Å². The van der Waals surface area contributed by atoms with Crippen molar-refractivity contribution >= 4 is 10.9 Å². The Morgan fingerprint density at radius 1 is 1.25 bits per heavy atom. The molecule has 0 amide bonds. The molecule has 108 valence electrons. The van der Waals surface area contributed by atoms with E-state index in [-0.39, 0.29) is 11.6 Å². The number of methoxy groups -OCH3 is 1. The molecule has 20 heavy (non-hydrogen) atoms. The number of ether oxygens (including phenoxy) is 1. The van der Waals surface area contributed by atoms with Crippen molar-refractivity contribution in [1.29, 1.82) is 0 Å². The van der Waals surface area contributed by atoms with Gasteiger partial charge in [-0.1, -0.05) is 32.0 Å². The highest BCUT2D eigenvalue weighted by atomic mass is 16.5. The number of hydrogen-bond donors (Lipinski definition) is 1. The lowest BCUT2D eigenvalue weighted by molar-refractivity contribution is -0.0292. The van der Waals surface area contributed by atoms with Crippen LogP contribution in [0.4, 0.5) is 0 Å². The van der Waals surface area contributed by atoms with Gasteiger partial charge in [-0.2, -0.15) is 0 Å². The zero-order chi connectivity index (χ0) is 14.6. The van der Waals surface area contributed by atoms with Crippen LogP contribution in [0, 0.1) is 0 Å². The first-order valence-electron chi connectivity index (χ1n) is 7.28. The van der Waals surface area contributed by atoms with Gasteiger partial charge in [0.1, 0.15) is 0 Å². The zero-order valence-electron chi connectivity index (χ0n) is 12.8. The molecule has 1 N–H and O–H groups in total. The van der Waals surface area contributed by atoms with Gasteiger partial charge in [-0.3, -0.25) is 4.98 Å². The highest BCUT2D eigenvalue weighted by Gasteiger charge is 2.34. The van der Waals surface area contributed by atoms with Crippen molar-refractivity contribution in [2.45, 2.75) is 38.8 Å². The molecule has 0 spiro atoms. The molecule has 1 heterocycles. The van der Waals surface area contributed by atoms with Crippen LogP contribution < -0.4 is 5.32 Å². The first-order valence-corrected chi connectivity index (χ1v) is 7.28. The predicted octanol–water partition coefficient (Wildman–Crippen LogP) is 3.70. The molecule has 3 heteroatoms. The number of rotatable bonds is 6. The van der Waals surface area contributed by atoms with Crippen molar-refractivity contribution in [2.75, 3.05) is 13.7 Å². The fraction of sp³-hybridized carbons (Fsp3) is 0.471. The van der Waals surface area contributed by atoms with E-state index in [1.165, 1.54) is 10.9 Å². The Bertz CT molecular complexity index is 558. The summed E-state index contributed by atoms with van der Waals surface area (Å²) in [5.74, 6) is 0. The van der Waals surface area contributed by atoms with Crippen LogP contribution in [0.1, 0.15) is 38.8 Å². The summed E-state index contributed by atoms with van der Waals surface area (Å²) in [6, 6.07) is 10.6. The lowest BCUT2D eigenvalue weighted by atomic mass is 9.86. The number of benzene rings is 1. The number of fused-ring (bicyclic) bond motifs is 1. The Morgan fingerprint density at radius 3 is 2.70 bits per heavy atom. The van der Waals surface area contributed by atoms with Crippen LogP contribution in [-0.4, -0.2) is 24.2 Å². The van der Waals surface area contributed by atoms with Crippen LogP contribution in [0.15, 0.2) is 36.5 Å². The SMILES string of the molecule is CCNC(c1cccc2ncccc12)C(C)(CC)OC. The molecule has 0 saturated carbocycles. The van der Waals surface area contributed by atoms with Gasteiger partial charge >= 0.3 is 0 Å². The molecule has 2 atom stereocenters. The van der Waals surface area contributed by atoms with Gasteiger partial charge < -0.3 is 10.1 Å². The summed E-state index contributed by atoms with van der Waals surface area (Å²) in [4.78, 5) is 4.45. The fourth-order valence-corrected chi connectivity index (χ4v) is 2.70. The van der Waals surface area contributed by atoms with Crippen LogP contribution in [0.5, 0.6) is 0 Å². The van der Waals surface area contributed by atoms with Crippen LogP contribution in [0.2, 0.25) is 0 Å². The third-order valence-electron chi connectivity index (χ3n) is 4.18. The molecule has 3 nitrogen and oxygen atoms in total. The van der Waals surface area contributed by atoms with Gasteiger partial charge in [0.25, 0.3) is 0 Å². The van der Waals surface area contributed by atoms with E-state index >= 15 is 0 Å². The monoisotopic (exact) mass is 272 g/mol. The molecule has 1 aromatic heterocycles. The van der Waals surface area contributed by atoms with Crippen molar-refractivity contribution in [3.63, 3.8) is 0 Å². The minimum atomic E-state index is -0.236. The summed E-state index contributed by atoms with van der Waals surface area (Å²) in [5.41, 5.74) is 2.05. The lowest BCUT2D eigenvalue weighted by Crippen LogP contribution is -2.42. The predicted molar refractivity (Wildman–Crippen MR) is 83.9 cm³/mol. The Hall–Kier alpha value is -1.45. The maximum Gasteiger partial charge on any atom is 0.0842 e. The molecule has 1 aromatic carbocycles. The maximum atomic E-state index is 5.82. The summed E-state index contributed by atoms with van der Waals surface area (Å²) in [6.07, 6.45) is 2.78. The van der Waals surface area contributed by atoms with E-state index in [0.29, 0.717) is 0 Å². The molecule has 0 aliphatic heterocycles. The molecule has 0 aliphatic carbocycles. The summed E-state index contributed by atoms with van der Waals surface area (Å²) >= 11 is 0. The molecule has 0 fully saturated rings.